The first-order chi connectivity index (χ1) is 10.5. The van der Waals surface area contributed by atoms with Crippen LogP contribution in [-0.4, -0.2) is 42.1 Å². The molecule has 0 aliphatic carbocycles. The van der Waals surface area contributed by atoms with E-state index in [4.69, 9.17) is 9.84 Å². The molecule has 5 nitrogen and oxygen atoms in total. The van der Waals surface area contributed by atoms with Crippen LogP contribution < -0.4 is 4.74 Å². The Bertz CT molecular complexity index is 526. The minimum absolute atomic E-state index is 0.0306. The summed E-state index contributed by atoms with van der Waals surface area (Å²) in [6.07, 6.45) is 2.07. The van der Waals surface area contributed by atoms with Crippen LogP contribution in [0, 0.1) is 11.8 Å². The molecule has 0 saturated carbocycles. The number of ether oxygens (including phenoxy) is 1. The summed E-state index contributed by atoms with van der Waals surface area (Å²) in [6.45, 7) is 2.79. The van der Waals surface area contributed by atoms with E-state index in [0.29, 0.717) is 19.5 Å². The van der Waals surface area contributed by atoms with Gasteiger partial charge in [-0.05, 0) is 36.5 Å². The molecule has 0 radical (unpaired) electrons. The Balaban J connectivity index is 1.77. The van der Waals surface area contributed by atoms with E-state index < -0.39 is 11.9 Å². The maximum Gasteiger partial charge on any atom is 0.308 e. The Kier molecular flexibility index (Phi) is 5.41. The monoisotopic (exact) mass is 305 g/mol. The third-order valence-corrected chi connectivity index (χ3v) is 4.30. The second kappa shape index (κ2) is 7.29. The lowest BCUT2D eigenvalue weighted by atomic mass is 9.99. The van der Waals surface area contributed by atoms with Crippen LogP contribution >= 0.6 is 0 Å². The van der Waals surface area contributed by atoms with Crippen molar-refractivity contribution in [3.05, 3.63) is 29.8 Å². The van der Waals surface area contributed by atoms with Crippen molar-refractivity contribution < 1.29 is 19.4 Å². The van der Waals surface area contributed by atoms with Gasteiger partial charge in [-0.3, -0.25) is 9.59 Å². The van der Waals surface area contributed by atoms with Crippen LogP contribution in [0.1, 0.15) is 25.3 Å². The molecule has 1 amide bonds. The molecule has 0 unspecified atom stereocenters. The largest absolute Gasteiger partial charge is 0.497 e. The Hall–Kier alpha value is -2.04. The number of carboxylic acids is 1. The summed E-state index contributed by atoms with van der Waals surface area (Å²) < 4.78 is 5.11. The fourth-order valence-corrected chi connectivity index (χ4v) is 2.89. The second-order valence-electron chi connectivity index (χ2n) is 5.92. The Morgan fingerprint density at radius 3 is 2.50 bits per heavy atom. The van der Waals surface area contributed by atoms with Gasteiger partial charge in [-0.15, -0.1) is 0 Å². The minimum Gasteiger partial charge on any atom is -0.497 e. The molecule has 2 atom stereocenters. The Labute approximate surface area is 130 Å². The molecule has 1 fully saturated rings. The summed E-state index contributed by atoms with van der Waals surface area (Å²) in [4.78, 5) is 24.9. The van der Waals surface area contributed by atoms with Gasteiger partial charge >= 0.3 is 5.97 Å². The molecule has 0 spiro atoms. The molecule has 120 valence electrons. The average Bonchev–Trinajstić information content (AvgIpc) is 2.90. The lowest BCUT2D eigenvalue weighted by Gasteiger charge is -2.15. The summed E-state index contributed by atoms with van der Waals surface area (Å²) >= 11 is 0. The molecule has 0 bridgehead atoms. The van der Waals surface area contributed by atoms with Gasteiger partial charge in [0.15, 0.2) is 0 Å². The number of carbonyl (C=O) groups is 2. The number of rotatable bonds is 6. The van der Waals surface area contributed by atoms with Crippen molar-refractivity contribution in [2.75, 3.05) is 20.2 Å². The molecule has 1 heterocycles. The fourth-order valence-electron chi connectivity index (χ4n) is 2.89. The molecule has 1 saturated heterocycles. The van der Waals surface area contributed by atoms with Gasteiger partial charge in [0, 0.05) is 19.5 Å². The van der Waals surface area contributed by atoms with E-state index in [2.05, 4.69) is 0 Å². The first-order valence-electron chi connectivity index (χ1n) is 7.64. The van der Waals surface area contributed by atoms with E-state index in [1.54, 1.807) is 12.0 Å². The van der Waals surface area contributed by atoms with Crippen LogP contribution in [-0.2, 0) is 16.0 Å². The molecule has 1 aliphatic heterocycles. The van der Waals surface area contributed by atoms with E-state index in [1.165, 1.54) is 5.56 Å². The van der Waals surface area contributed by atoms with Gasteiger partial charge in [0.05, 0.1) is 13.0 Å². The highest BCUT2D eigenvalue weighted by atomic mass is 16.5. The Morgan fingerprint density at radius 1 is 1.27 bits per heavy atom. The highest BCUT2D eigenvalue weighted by Crippen LogP contribution is 2.24. The molecule has 1 aromatic rings. The Morgan fingerprint density at radius 2 is 1.95 bits per heavy atom. The SMILES string of the molecule is COc1ccc(CCCC(=O)N2C[C@@H](C)[C@H](C(=O)O)C2)cc1. The molecule has 5 heteroatoms. The summed E-state index contributed by atoms with van der Waals surface area (Å²) in [5.41, 5.74) is 1.17. The molecule has 2 rings (SSSR count). The van der Waals surface area contributed by atoms with Crippen LogP contribution in [0.4, 0.5) is 0 Å². The van der Waals surface area contributed by atoms with E-state index in [9.17, 15) is 9.59 Å². The number of carbonyl (C=O) groups excluding carboxylic acids is 1. The molecule has 1 aliphatic rings. The topological polar surface area (TPSA) is 66.8 Å². The first-order valence-corrected chi connectivity index (χ1v) is 7.64. The number of aliphatic carboxylic acids is 1. The average molecular weight is 305 g/mol. The third-order valence-electron chi connectivity index (χ3n) is 4.30. The summed E-state index contributed by atoms with van der Waals surface area (Å²) in [5, 5.41) is 9.10. The molecular formula is C17H23NO4. The second-order valence-corrected chi connectivity index (χ2v) is 5.92. The van der Waals surface area contributed by atoms with Crippen molar-refractivity contribution in [2.45, 2.75) is 26.2 Å². The van der Waals surface area contributed by atoms with Gasteiger partial charge in [0.1, 0.15) is 5.75 Å². The maximum atomic E-state index is 12.2. The molecule has 0 aromatic heterocycles. The van der Waals surface area contributed by atoms with Gasteiger partial charge in [-0.1, -0.05) is 19.1 Å². The molecule has 22 heavy (non-hydrogen) atoms. The smallest absolute Gasteiger partial charge is 0.308 e. The van der Waals surface area contributed by atoms with Gasteiger partial charge in [-0.25, -0.2) is 0 Å². The molecule has 1 aromatic carbocycles. The van der Waals surface area contributed by atoms with Crippen molar-refractivity contribution in [1.82, 2.24) is 4.90 Å². The van der Waals surface area contributed by atoms with Crippen LogP contribution in [0.5, 0.6) is 5.75 Å². The fraction of sp³-hybridized carbons (Fsp3) is 0.529. The van der Waals surface area contributed by atoms with E-state index >= 15 is 0 Å². The van der Waals surface area contributed by atoms with E-state index in [-0.39, 0.29) is 11.8 Å². The maximum absolute atomic E-state index is 12.2. The highest BCUT2D eigenvalue weighted by molar-refractivity contribution is 5.79. The zero-order valence-electron chi connectivity index (χ0n) is 13.1. The number of likely N-dealkylation sites (tertiary alicyclic amines) is 1. The minimum atomic E-state index is -0.805. The van der Waals surface area contributed by atoms with Crippen LogP contribution in [0.3, 0.4) is 0 Å². The summed E-state index contributed by atoms with van der Waals surface area (Å²) in [7, 11) is 1.63. The molecular weight excluding hydrogens is 282 g/mol. The normalized spacial score (nSPS) is 20.9. The number of carboxylic acid groups (broad SMARTS) is 1. The van der Waals surface area contributed by atoms with Gasteiger partial charge < -0.3 is 14.7 Å². The first kappa shape index (κ1) is 16.3. The zero-order valence-corrected chi connectivity index (χ0v) is 13.1. The number of hydrogen-bond acceptors (Lipinski definition) is 3. The predicted octanol–water partition coefficient (Wildman–Crippen LogP) is 2.20. The number of nitrogens with zero attached hydrogens (tertiary/aromatic N) is 1. The van der Waals surface area contributed by atoms with Gasteiger partial charge in [0.25, 0.3) is 0 Å². The van der Waals surface area contributed by atoms with Crippen molar-refractivity contribution in [3.63, 3.8) is 0 Å². The van der Waals surface area contributed by atoms with Crippen molar-refractivity contribution in [3.8, 4) is 5.75 Å². The number of hydrogen-bond donors (Lipinski definition) is 1. The molecule has 1 N–H and O–H groups in total. The van der Waals surface area contributed by atoms with E-state index in [0.717, 1.165) is 18.6 Å². The lowest BCUT2D eigenvalue weighted by Crippen LogP contribution is -2.29. The number of aryl methyl sites for hydroxylation is 1. The number of benzene rings is 1. The van der Waals surface area contributed by atoms with Gasteiger partial charge in [-0.2, -0.15) is 0 Å². The lowest BCUT2D eigenvalue weighted by molar-refractivity contribution is -0.142. The third kappa shape index (κ3) is 4.00. The highest BCUT2D eigenvalue weighted by Gasteiger charge is 2.36. The quantitative estimate of drug-likeness (QED) is 0.875. The van der Waals surface area contributed by atoms with E-state index in [1.807, 2.05) is 31.2 Å². The summed E-state index contributed by atoms with van der Waals surface area (Å²) in [6, 6.07) is 7.83. The number of amides is 1. The zero-order chi connectivity index (χ0) is 16.1. The van der Waals surface area contributed by atoms with Gasteiger partial charge in [0.2, 0.25) is 5.91 Å². The van der Waals surface area contributed by atoms with Crippen molar-refractivity contribution in [1.29, 1.82) is 0 Å². The number of methoxy groups -OCH3 is 1. The van der Waals surface area contributed by atoms with Crippen LogP contribution in [0.2, 0.25) is 0 Å². The van der Waals surface area contributed by atoms with Crippen molar-refractivity contribution >= 4 is 11.9 Å². The predicted molar refractivity (Wildman–Crippen MR) is 82.8 cm³/mol. The van der Waals surface area contributed by atoms with Crippen molar-refractivity contribution in [2.24, 2.45) is 11.8 Å². The van der Waals surface area contributed by atoms with Crippen LogP contribution in [0.25, 0.3) is 0 Å². The van der Waals surface area contributed by atoms with Crippen LogP contribution in [0.15, 0.2) is 24.3 Å². The summed E-state index contributed by atoms with van der Waals surface area (Å²) in [5.74, 6) is -0.315. The standard InChI is InChI=1S/C17H23NO4/c1-12-10-18(11-15(12)17(20)21)16(19)5-3-4-13-6-8-14(22-2)9-7-13/h6-9,12,15H,3-5,10-11H2,1-2H3,(H,20,21)/t12-,15-/m1/s1.